The van der Waals surface area contributed by atoms with Crippen molar-refractivity contribution in [1.29, 1.82) is 0 Å². The fourth-order valence-corrected chi connectivity index (χ4v) is 2.29. The predicted molar refractivity (Wildman–Crippen MR) is 49.1 cm³/mol. The molecular formula is C8H9NO3S. The van der Waals surface area contributed by atoms with E-state index in [-0.39, 0.29) is 10.5 Å². The molecule has 1 heterocycles. The molecule has 0 unspecified atom stereocenters. The number of amides is 1. The third-order valence-electron chi connectivity index (χ3n) is 1.58. The lowest BCUT2D eigenvalue weighted by Gasteiger charge is -1.92. The molecule has 0 radical (unpaired) electrons. The Morgan fingerprint density at radius 1 is 1.46 bits per heavy atom. The second-order valence-electron chi connectivity index (χ2n) is 2.40. The van der Waals surface area contributed by atoms with Crippen molar-refractivity contribution in [3.05, 3.63) is 35.3 Å². The molecule has 13 heavy (non-hydrogen) atoms. The molecule has 1 amide bonds. The zero-order valence-corrected chi connectivity index (χ0v) is 7.89. The first-order valence-corrected chi connectivity index (χ1v) is 5.08. The third-order valence-corrected chi connectivity index (χ3v) is 2.97. The minimum atomic E-state index is -3.64. The summed E-state index contributed by atoms with van der Waals surface area (Å²) in [6.07, 6.45) is 4.08. The standard InChI is InChI=1S/C8H9NO3S/c1-3-5-7-6(4-2)8(10)9-13(7,11)12/h3-5H,1H2,2H3,(H,9,10)/b6-4+,7-5?. The van der Waals surface area contributed by atoms with Crippen LogP contribution in [0.2, 0.25) is 0 Å². The Morgan fingerprint density at radius 2 is 2.08 bits per heavy atom. The second-order valence-corrected chi connectivity index (χ2v) is 4.05. The van der Waals surface area contributed by atoms with Crippen LogP contribution in [0, 0.1) is 0 Å². The van der Waals surface area contributed by atoms with Gasteiger partial charge < -0.3 is 0 Å². The number of hydrogen-bond acceptors (Lipinski definition) is 3. The van der Waals surface area contributed by atoms with E-state index in [9.17, 15) is 13.2 Å². The van der Waals surface area contributed by atoms with Gasteiger partial charge in [0.15, 0.2) is 0 Å². The number of allylic oxidation sites excluding steroid dienone is 3. The van der Waals surface area contributed by atoms with E-state index >= 15 is 0 Å². The van der Waals surface area contributed by atoms with Crippen LogP contribution in [0.1, 0.15) is 6.92 Å². The van der Waals surface area contributed by atoms with E-state index in [2.05, 4.69) is 6.58 Å². The largest absolute Gasteiger partial charge is 0.268 e. The maximum Gasteiger partial charge on any atom is 0.266 e. The van der Waals surface area contributed by atoms with Crippen LogP contribution in [0.4, 0.5) is 0 Å². The van der Waals surface area contributed by atoms with E-state index in [1.165, 1.54) is 18.2 Å². The molecule has 1 N–H and O–H groups in total. The van der Waals surface area contributed by atoms with Gasteiger partial charge in [0, 0.05) is 0 Å². The summed E-state index contributed by atoms with van der Waals surface area (Å²) < 4.78 is 24.4. The molecular weight excluding hydrogens is 190 g/mol. The van der Waals surface area contributed by atoms with Gasteiger partial charge in [-0.15, -0.1) is 0 Å². The molecule has 0 aromatic heterocycles. The number of carbonyl (C=O) groups is 1. The highest BCUT2D eigenvalue weighted by molar-refractivity contribution is 7.95. The van der Waals surface area contributed by atoms with Crippen molar-refractivity contribution < 1.29 is 13.2 Å². The SMILES string of the molecule is C=CC=C1/C(=C\C)C(=O)NS1(=O)=O. The topological polar surface area (TPSA) is 63.2 Å². The lowest BCUT2D eigenvalue weighted by atomic mass is 10.2. The van der Waals surface area contributed by atoms with Crippen LogP contribution < -0.4 is 4.72 Å². The molecule has 1 rings (SSSR count). The lowest BCUT2D eigenvalue weighted by Crippen LogP contribution is -2.20. The third kappa shape index (κ3) is 1.55. The Morgan fingerprint density at radius 3 is 2.54 bits per heavy atom. The summed E-state index contributed by atoms with van der Waals surface area (Å²) in [5, 5.41) is 0. The van der Waals surface area contributed by atoms with Crippen LogP contribution in [0.15, 0.2) is 35.3 Å². The summed E-state index contributed by atoms with van der Waals surface area (Å²) in [6, 6.07) is 0. The molecule has 4 nitrogen and oxygen atoms in total. The van der Waals surface area contributed by atoms with E-state index in [0.29, 0.717) is 0 Å². The Balaban J connectivity index is 3.39. The number of nitrogens with one attached hydrogen (secondary N) is 1. The highest BCUT2D eigenvalue weighted by Crippen LogP contribution is 2.23. The maximum absolute atomic E-state index is 11.2. The molecule has 1 saturated heterocycles. The number of hydrogen-bond donors (Lipinski definition) is 1. The van der Waals surface area contributed by atoms with Gasteiger partial charge in [-0.1, -0.05) is 18.7 Å². The molecule has 1 aliphatic heterocycles. The van der Waals surface area contributed by atoms with Crippen LogP contribution in [0.5, 0.6) is 0 Å². The van der Waals surface area contributed by atoms with Crippen molar-refractivity contribution in [2.45, 2.75) is 6.92 Å². The Kier molecular flexibility index (Phi) is 2.38. The van der Waals surface area contributed by atoms with Crippen molar-refractivity contribution >= 4 is 15.9 Å². The normalized spacial score (nSPS) is 26.4. The first-order chi connectivity index (χ1) is 6.03. The summed E-state index contributed by atoms with van der Waals surface area (Å²) in [6.45, 7) is 4.98. The fourth-order valence-electron chi connectivity index (χ4n) is 1.05. The Bertz CT molecular complexity index is 415. The van der Waals surface area contributed by atoms with Crippen LogP contribution in [0.25, 0.3) is 0 Å². The zero-order chi connectivity index (χ0) is 10.1. The van der Waals surface area contributed by atoms with Gasteiger partial charge in [-0.3, -0.25) is 4.79 Å². The quantitative estimate of drug-likeness (QED) is 0.624. The smallest absolute Gasteiger partial charge is 0.266 e. The van der Waals surface area contributed by atoms with Gasteiger partial charge in [0.05, 0.1) is 10.5 Å². The highest BCUT2D eigenvalue weighted by Gasteiger charge is 2.34. The van der Waals surface area contributed by atoms with Crippen molar-refractivity contribution in [2.75, 3.05) is 0 Å². The molecule has 0 aliphatic carbocycles. The number of rotatable bonds is 1. The van der Waals surface area contributed by atoms with Gasteiger partial charge >= 0.3 is 0 Å². The fraction of sp³-hybridized carbons (Fsp3) is 0.125. The first kappa shape index (κ1) is 9.73. The Labute approximate surface area is 76.7 Å². The van der Waals surface area contributed by atoms with E-state index in [1.807, 2.05) is 4.72 Å². The van der Waals surface area contributed by atoms with Gasteiger partial charge in [0.1, 0.15) is 0 Å². The lowest BCUT2D eigenvalue weighted by molar-refractivity contribution is -0.115. The molecule has 0 aromatic rings. The van der Waals surface area contributed by atoms with E-state index < -0.39 is 15.9 Å². The minimum Gasteiger partial charge on any atom is -0.268 e. The van der Waals surface area contributed by atoms with Gasteiger partial charge in [-0.2, -0.15) is 0 Å². The molecule has 70 valence electrons. The summed E-state index contributed by atoms with van der Waals surface area (Å²) in [5.41, 5.74) is 0.167. The van der Waals surface area contributed by atoms with E-state index in [4.69, 9.17) is 0 Å². The summed E-state index contributed by atoms with van der Waals surface area (Å²) >= 11 is 0. The number of sulfonamides is 1. The predicted octanol–water partition coefficient (Wildman–Crippen LogP) is 0.462. The van der Waals surface area contributed by atoms with Gasteiger partial charge in [-0.25, -0.2) is 13.1 Å². The molecule has 1 fully saturated rings. The Hall–Kier alpha value is -1.36. The minimum absolute atomic E-state index is 0.0185. The van der Waals surface area contributed by atoms with Gasteiger partial charge in [0.25, 0.3) is 15.9 Å². The highest BCUT2D eigenvalue weighted by atomic mass is 32.2. The van der Waals surface area contributed by atoms with E-state index in [0.717, 1.165) is 0 Å². The van der Waals surface area contributed by atoms with Crippen molar-refractivity contribution in [1.82, 2.24) is 4.72 Å². The molecule has 0 saturated carbocycles. The van der Waals surface area contributed by atoms with Crippen molar-refractivity contribution in [2.24, 2.45) is 0 Å². The molecule has 0 atom stereocenters. The molecule has 0 spiro atoms. The van der Waals surface area contributed by atoms with E-state index in [1.54, 1.807) is 6.92 Å². The maximum atomic E-state index is 11.2. The average molecular weight is 199 g/mol. The summed E-state index contributed by atoms with van der Waals surface area (Å²) in [4.78, 5) is 11.1. The molecule has 0 aromatic carbocycles. The first-order valence-electron chi connectivity index (χ1n) is 3.59. The van der Waals surface area contributed by atoms with Crippen molar-refractivity contribution in [3.8, 4) is 0 Å². The van der Waals surface area contributed by atoms with Crippen LogP contribution in [0.3, 0.4) is 0 Å². The zero-order valence-electron chi connectivity index (χ0n) is 7.07. The van der Waals surface area contributed by atoms with Gasteiger partial charge in [0.2, 0.25) is 0 Å². The number of carbonyl (C=O) groups excluding carboxylic acids is 1. The van der Waals surface area contributed by atoms with Gasteiger partial charge in [-0.05, 0) is 13.0 Å². The summed E-state index contributed by atoms with van der Waals surface area (Å²) in [7, 11) is -3.64. The second kappa shape index (κ2) is 3.18. The summed E-state index contributed by atoms with van der Waals surface area (Å²) in [5.74, 6) is -0.587. The molecule has 1 aliphatic rings. The molecule has 0 bridgehead atoms. The van der Waals surface area contributed by atoms with Crippen LogP contribution in [-0.4, -0.2) is 14.3 Å². The average Bonchev–Trinajstić information content (AvgIpc) is 2.23. The monoisotopic (exact) mass is 199 g/mol. The van der Waals surface area contributed by atoms with Crippen LogP contribution in [-0.2, 0) is 14.8 Å². The van der Waals surface area contributed by atoms with Crippen molar-refractivity contribution in [3.63, 3.8) is 0 Å². The van der Waals surface area contributed by atoms with Crippen LogP contribution >= 0.6 is 0 Å². The molecule has 5 heteroatoms.